The van der Waals surface area contributed by atoms with E-state index in [9.17, 15) is 9.59 Å². The molecule has 2 aromatic carbocycles. The largest absolute Gasteiger partial charge is 0.484 e. The first kappa shape index (κ1) is 21.3. The molecule has 2 amide bonds. The molecule has 29 heavy (non-hydrogen) atoms. The van der Waals surface area contributed by atoms with E-state index < -0.39 is 0 Å². The summed E-state index contributed by atoms with van der Waals surface area (Å²) in [4.78, 5) is 26.3. The van der Waals surface area contributed by atoms with Crippen LogP contribution in [0.3, 0.4) is 0 Å². The topological polar surface area (TPSA) is 67.9 Å². The molecule has 1 N–H and O–H groups in total. The van der Waals surface area contributed by atoms with Gasteiger partial charge in [-0.1, -0.05) is 23.2 Å². The fourth-order valence-electron chi connectivity index (χ4n) is 3.04. The smallest absolute Gasteiger partial charge is 0.260 e. The molecule has 0 radical (unpaired) electrons. The summed E-state index contributed by atoms with van der Waals surface area (Å²) in [6.07, 6.45) is 1.63. The number of hydrogen-bond acceptors (Lipinski definition) is 4. The number of benzene rings is 2. The van der Waals surface area contributed by atoms with Gasteiger partial charge in [0.1, 0.15) is 11.5 Å². The maximum absolute atomic E-state index is 12.4. The van der Waals surface area contributed by atoms with Gasteiger partial charge in [0.05, 0.1) is 0 Å². The molecule has 0 aromatic heterocycles. The van der Waals surface area contributed by atoms with Crippen LogP contribution < -0.4 is 14.8 Å². The summed E-state index contributed by atoms with van der Waals surface area (Å²) in [5.41, 5.74) is 0. The molecule has 1 heterocycles. The second-order valence-corrected chi connectivity index (χ2v) is 7.60. The van der Waals surface area contributed by atoms with Gasteiger partial charge >= 0.3 is 0 Å². The number of piperidine rings is 1. The molecular weight excluding hydrogens is 415 g/mol. The maximum atomic E-state index is 12.4. The minimum absolute atomic E-state index is 0.0536. The predicted octanol–water partition coefficient (Wildman–Crippen LogP) is 3.56. The molecule has 1 fully saturated rings. The van der Waals surface area contributed by atoms with Gasteiger partial charge in [-0.05, 0) is 61.4 Å². The minimum atomic E-state index is -0.225. The lowest BCUT2D eigenvalue weighted by atomic mass is 10.1. The Morgan fingerprint density at radius 1 is 0.931 bits per heavy atom. The molecular formula is C21H22Cl2N2O4. The van der Waals surface area contributed by atoms with Gasteiger partial charge in [0, 0.05) is 29.2 Å². The molecule has 0 bridgehead atoms. The van der Waals surface area contributed by atoms with Crippen molar-refractivity contribution in [3.05, 3.63) is 58.6 Å². The Bertz CT molecular complexity index is 828. The van der Waals surface area contributed by atoms with E-state index in [2.05, 4.69) is 5.32 Å². The first-order chi connectivity index (χ1) is 14.0. The number of ether oxygens (including phenoxy) is 2. The van der Waals surface area contributed by atoms with Crippen molar-refractivity contribution in [2.24, 2.45) is 0 Å². The Hall–Kier alpha value is -2.44. The Kier molecular flexibility index (Phi) is 7.61. The molecule has 2 aromatic rings. The van der Waals surface area contributed by atoms with Gasteiger partial charge in [0.2, 0.25) is 0 Å². The van der Waals surface area contributed by atoms with E-state index in [1.54, 1.807) is 53.4 Å². The molecule has 1 aliphatic heterocycles. The summed E-state index contributed by atoms with van der Waals surface area (Å²) in [5.74, 6) is 0.821. The number of hydrogen-bond donors (Lipinski definition) is 1. The van der Waals surface area contributed by atoms with Gasteiger partial charge in [0.15, 0.2) is 13.2 Å². The summed E-state index contributed by atoms with van der Waals surface area (Å²) in [7, 11) is 0. The highest BCUT2D eigenvalue weighted by molar-refractivity contribution is 6.30. The summed E-state index contributed by atoms with van der Waals surface area (Å²) in [6, 6.07) is 13.6. The molecule has 1 saturated heterocycles. The molecule has 1 aliphatic rings. The first-order valence-corrected chi connectivity index (χ1v) is 10.1. The Morgan fingerprint density at radius 3 is 2.07 bits per heavy atom. The van der Waals surface area contributed by atoms with Crippen LogP contribution in [0, 0.1) is 0 Å². The number of nitrogens with one attached hydrogen (secondary N) is 1. The van der Waals surface area contributed by atoms with Gasteiger partial charge in [-0.3, -0.25) is 9.59 Å². The van der Waals surface area contributed by atoms with Crippen LogP contribution in [0.15, 0.2) is 48.5 Å². The van der Waals surface area contributed by atoms with E-state index in [0.29, 0.717) is 34.6 Å². The first-order valence-electron chi connectivity index (χ1n) is 9.33. The number of halogens is 2. The van der Waals surface area contributed by atoms with E-state index in [4.69, 9.17) is 32.7 Å². The van der Waals surface area contributed by atoms with Gasteiger partial charge in [-0.25, -0.2) is 0 Å². The van der Waals surface area contributed by atoms with Crippen LogP contribution in [-0.4, -0.2) is 49.1 Å². The molecule has 8 heteroatoms. The van der Waals surface area contributed by atoms with Crippen LogP contribution in [0.25, 0.3) is 0 Å². The van der Waals surface area contributed by atoms with Crippen molar-refractivity contribution in [1.82, 2.24) is 10.2 Å². The fourth-order valence-corrected chi connectivity index (χ4v) is 3.29. The predicted molar refractivity (Wildman–Crippen MR) is 112 cm³/mol. The monoisotopic (exact) mass is 436 g/mol. The van der Waals surface area contributed by atoms with Gasteiger partial charge in [-0.2, -0.15) is 0 Å². The van der Waals surface area contributed by atoms with E-state index >= 15 is 0 Å². The van der Waals surface area contributed by atoms with Crippen LogP contribution >= 0.6 is 23.2 Å². The van der Waals surface area contributed by atoms with Crippen molar-refractivity contribution in [1.29, 1.82) is 0 Å². The molecule has 1 unspecified atom stereocenters. The summed E-state index contributed by atoms with van der Waals surface area (Å²) in [6.45, 7) is 0.958. The second-order valence-electron chi connectivity index (χ2n) is 6.73. The van der Waals surface area contributed by atoms with Gasteiger partial charge in [-0.15, -0.1) is 0 Å². The zero-order valence-corrected chi connectivity index (χ0v) is 17.3. The summed E-state index contributed by atoms with van der Waals surface area (Å²) < 4.78 is 11.0. The third kappa shape index (κ3) is 6.84. The van der Waals surface area contributed by atoms with Crippen molar-refractivity contribution in [3.8, 4) is 11.5 Å². The number of carbonyl (C=O) groups excluding carboxylic acids is 2. The second kappa shape index (κ2) is 10.4. The van der Waals surface area contributed by atoms with Crippen molar-refractivity contribution >= 4 is 35.0 Å². The van der Waals surface area contributed by atoms with Crippen LogP contribution in [-0.2, 0) is 9.59 Å². The van der Waals surface area contributed by atoms with Crippen molar-refractivity contribution < 1.29 is 19.1 Å². The van der Waals surface area contributed by atoms with Crippen molar-refractivity contribution in [3.63, 3.8) is 0 Å². The maximum Gasteiger partial charge on any atom is 0.260 e. The summed E-state index contributed by atoms with van der Waals surface area (Å²) >= 11 is 11.7. The Morgan fingerprint density at radius 2 is 1.48 bits per heavy atom. The molecule has 0 spiro atoms. The molecule has 154 valence electrons. The lowest BCUT2D eigenvalue weighted by Gasteiger charge is -2.33. The Balaban J connectivity index is 1.41. The molecule has 6 nitrogen and oxygen atoms in total. The Labute approximate surface area is 179 Å². The van der Waals surface area contributed by atoms with Crippen molar-refractivity contribution in [2.75, 3.05) is 26.3 Å². The average molecular weight is 437 g/mol. The molecule has 0 saturated carbocycles. The molecule has 3 rings (SSSR count). The van der Waals surface area contributed by atoms with Crippen molar-refractivity contribution in [2.45, 2.75) is 18.9 Å². The van der Waals surface area contributed by atoms with Crippen LogP contribution in [0.2, 0.25) is 10.0 Å². The molecule has 0 aliphatic carbocycles. The number of rotatable bonds is 7. The van der Waals surface area contributed by atoms with E-state index in [1.165, 1.54) is 0 Å². The lowest BCUT2D eigenvalue weighted by Crippen LogP contribution is -2.51. The number of nitrogens with zero attached hydrogens (tertiary/aromatic N) is 1. The van der Waals surface area contributed by atoms with E-state index in [1.807, 2.05) is 0 Å². The zero-order chi connectivity index (χ0) is 20.6. The zero-order valence-electron chi connectivity index (χ0n) is 15.8. The summed E-state index contributed by atoms with van der Waals surface area (Å²) in [5, 5.41) is 4.14. The normalized spacial score (nSPS) is 16.2. The standard InChI is InChI=1S/C21H22Cl2N2O4/c22-15-3-7-18(8-4-15)28-13-20(26)24-17-2-1-11-25(12-17)21(27)14-29-19-9-5-16(23)6-10-19/h3-10,17H,1-2,11-14H2,(H,24,26). The van der Waals surface area contributed by atoms with Crippen LogP contribution in [0.1, 0.15) is 12.8 Å². The van der Waals surface area contributed by atoms with Crippen LogP contribution in [0.5, 0.6) is 11.5 Å². The SMILES string of the molecule is O=C(COc1ccc(Cl)cc1)NC1CCCN(C(=O)COc2ccc(Cl)cc2)C1. The van der Waals surface area contributed by atoms with Crippen LogP contribution in [0.4, 0.5) is 0 Å². The highest BCUT2D eigenvalue weighted by atomic mass is 35.5. The lowest BCUT2D eigenvalue weighted by molar-refractivity contribution is -0.135. The quantitative estimate of drug-likeness (QED) is 0.720. The number of amides is 2. The van der Waals surface area contributed by atoms with E-state index in [0.717, 1.165) is 12.8 Å². The van der Waals surface area contributed by atoms with E-state index in [-0.39, 0.29) is 31.1 Å². The highest BCUT2D eigenvalue weighted by Gasteiger charge is 2.25. The third-order valence-electron chi connectivity index (χ3n) is 4.50. The highest BCUT2D eigenvalue weighted by Crippen LogP contribution is 2.17. The minimum Gasteiger partial charge on any atom is -0.484 e. The number of carbonyl (C=O) groups is 2. The average Bonchev–Trinajstić information content (AvgIpc) is 2.73. The number of likely N-dealkylation sites (tertiary alicyclic amines) is 1. The third-order valence-corrected chi connectivity index (χ3v) is 5.00. The fraction of sp³-hybridized carbons (Fsp3) is 0.333. The van der Waals surface area contributed by atoms with Gasteiger partial charge in [0.25, 0.3) is 11.8 Å². The molecule has 1 atom stereocenters. The van der Waals surface area contributed by atoms with Gasteiger partial charge < -0.3 is 19.7 Å².